The highest BCUT2D eigenvalue weighted by Crippen LogP contribution is 2.25. The summed E-state index contributed by atoms with van der Waals surface area (Å²) >= 11 is 0. The predicted molar refractivity (Wildman–Crippen MR) is 86.8 cm³/mol. The first-order chi connectivity index (χ1) is 11.1. The van der Waals surface area contributed by atoms with Gasteiger partial charge < -0.3 is 5.32 Å². The summed E-state index contributed by atoms with van der Waals surface area (Å²) in [6.07, 6.45) is 0. The summed E-state index contributed by atoms with van der Waals surface area (Å²) in [7, 11) is 0. The summed E-state index contributed by atoms with van der Waals surface area (Å²) in [4.78, 5) is 12.5. The highest BCUT2D eigenvalue weighted by atomic mass is 19.1. The van der Waals surface area contributed by atoms with E-state index in [2.05, 4.69) is 16.2 Å². The number of carbonyl (C=O) groups is 1. The van der Waals surface area contributed by atoms with Gasteiger partial charge in [0.15, 0.2) is 0 Å². The van der Waals surface area contributed by atoms with Crippen LogP contribution in [0.1, 0.15) is 22.7 Å². The zero-order chi connectivity index (χ0) is 16.2. The Labute approximate surface area is 135 Å². The lowest BCUT2D eigenvalue weighted by Gasteiger charge is -2.18. The van der Waals surface area contributed by atoms with Gasteiger partial charge in [0, 0.05) is 18.7 Å². The molecule has 2 unspecified atom stereocenters. The molecule has 1 heterocycles. The lowest BCUT2D eigenvalue weighted by atomic mass is 9.93. The monoisotopic (exact) mass is 313 g/mol. The molecule has 1 aliphatic heterocycles. The van der Waals surface area contributed by atoms with E-state index in [0.29, 0.717) is 12.1 Å². The van der Waals surface area contributed by atoms with Crippen molar-refractivity contribution in [2.75, 3.05) is 6.54 Å². The van der Waals surface area contributed by atoms with Gasteiger partial charge in [0.25, 0.3) is 0 Å². The third kappa shape index (κ3) is 3.57. The normalized spacial score (nSPS) is 20.4. The number of hydrogen-bond acceptors (Lipinski definition) is 3. The summed E-state index contributed by atoms with van der Waals surface area (Å²) in [6.45, 7) is 2.77. The first-order valence-electron chi connectivity index (χ1n) is 7.71. The van der Waals surface area contributed by atoms with Crippen LogP contribution in [0.4, 0.5) is 4.39 Å². The van der Waals surface area contributed by atoms with Crippen molar-refractivity contribution in [1.82, 2.24) is 16.2 Å². The summed E-state index contributed by atoms with van der Waals surface area (Å²) in [6, 6.07) is 14.5. The third-order valence-electron chi connectivity index (χ3n) is 4.17. The SMILES string of the molecule is Cc1ccc(C2NNCC2C(=O)NCc2ccccc2F)cc1. The maximum Gasteiger partial charge on any atom is 0.226 e. The van der Waals surface area contributed by atoms with E-state index in [1.165, 1.54) is 11.6 Å². The zero-order valence-corrected chi connectivity index (χ0v) is 13.0. The van der Waals surface area contributed by atoms with Crippen LogP contribution >= 0.6 is 0 Å². The number of hydrazine groups is 1. The van der Waals surface area contributed by atoms with Gasteiger partial charge in [-0.05, 0) is 18.6 Å². The summed E-state index contributed by atoms with van der Waals surface area (Å²) < 4.78 is 13.6. The standard InChI is InChI=1S/C18H20FN3O/c1-12-6-8-13(9-7-12)17-15(11-21-22-17)18(23)20-10-14-4-2-3-5-16(14)19/h2-9,15,17,21-22H,10-11H2,1H3,(H,20,23). The van der Waals surface area contributed by atoms with Gasteiger partial charge in [0.2, 0.25) is 5.91 Å². The molecular formula is C18H20FN3O. The van der Waals surface area contributed by atoms with E-state index in [4.69, 9.17) is 0 Å². The Hall–Kier alpha value is -2.24. The molecule has 1 amide bonds. The van der Waals surface area contributed by atoms with Crippen molar-refractivity contribution >= 4 is 5.91 Å². The fraction of sp³-hybridized carbons (Fsp3) is 0.278. The largest absolute Gasteiger partial charge is 0.352 e. The molecule has 23 heavy (non-hydrogen) atoms. The Balaban J connectivity index is 1.66. The molecule has 0 spiro atoms. The van der Waals surface area contributed by atoms with Gasteiger partial charge in [-0.1, -0.05) is 48.0 Å². The summed E-state index contributed by atoms with van der Waals surface area (Å²) in [5, 5.41) is 2.83. The van der Waals surface area contributed by atoms with Gasteiger partial charge in [-0.15, -0.1) is 0 Å². The zero-order valence-electron chi connectivity index (χ0n) is 13.0. The van der Waals surface area contributed by atoms with E-state index >= 15 is 0 Å². The number of aryl methyl sites for hydroxylation is 1. The van der Waals surface area contributed by atoms with E-state index in [0.717, 1.165) is 5.56 Å². The number of nitrogens with one attached hydrogen (secondary N) is 3. The van der Waals surface area contributed by atoms with Gasteiger partial charge >= 0.3 is 0 Å². The number of amides is 1. The molecule has 3 rings (SSSR count). The smallest absolute Gasteiger partial charge is 0.226 e. The van der Waals surface area contributed by atoms with Crippen molar-refractivity contribution in [3.63, 3.8) is 0 Å². The quantitative estimate of drug-likeness (QED) is 0.811. The number of rotatable bonds is 4. The molecule has 1 fully saturated rings. The summed E-state index contributed by atoms with van der Waals surface area (Å²) in [5.74, 6) is -0.619. The van der Waals surface area contributed by atoms with Crippen molar-refractivity contribution in [2.24, 2.45) is 5.92 Å². The van der Waals surface area contributed by atoms with Crippen LogP contribution in [0.5, 0.6) is 0 Å². The van der Waals surface area contributed by atoms with Crippen LogP contribution in [0.15, 0.2) is 48.5 Å². The van der Waals surface area contributed by atoms with Crippen molar-refractivity contribution in [2.45, 2.75) is 19.5 Å². The predicted octanol–water partition coefficient (Wildman–Crippen LogP) is 2.22. The number of benzene rings is 2. The van der Waals surface area contributed by atoms with Crippen LogP contribution in [0.2, 0.25) is 0 Å². The molecule has 2 atom stereocenters. The van der Waals surface area contributed by atoms with Crippen molar-refractivity contribution in [3.05, 3.63) is 71.0 Å². The van der Waals surface area contributed by atoms with Crippen molar-refractivity contribution in [1.29, 1.82) is 0 Å². The highest BCUT2D eigenvalue weighted by Gasteiger charge is 2.33. The minimum absolute atomic E-state index is 0.0867. The van der Waals surface area contributed by atoms with Crippen molar-refractivity contribution < 1.29 is 9.18 Å². The lowest BCUT2D eigenvalue weighted by Crippen LogP contribution is -2.34. The number of hydrogen-bond donors (Lipinski definition) is 3. The average molecular weight is 313 g/mol. The van der Waals surface area contributed by atoms with E-state index in [1.54, 1.807) is 18.2 Å². The van der Waals surface area contributed by atoms with Crippen molar-refractivity contribution in [3.8, 4) is 0 Å². The number of carbonyl (C=O) groups excluding carboxylic acids is 1. The minimum atomic E-state index is -0.300. The van der Waals surface area contributed by atoms with E-state index < -0.39 is 0 Å². The van der Waals surface area contributed by atoms with Crippen LogP contribution < -0.4 is 16.2 Å². The molecule has 2 aromatic carbocycles. The van der Waals surface area contributed by atoms with E-state index in [-0.39, 0.29) is 30.2 Å². The van der Waals surface area contributed by atoms with Crippen LogP contribution in [0.3, 0.4) is 0 Å². The van der Waals surface area contributed by atoms with Gasteiger partial charge in [0.1, 0.15) is 5.82 Å². The van der Waals surface area contributed by atoms with Gasteiger partial charge in [0.05, 0.1) is 12.0 Å². The molecule has 4 nitrogen and oxygen atoms in total. The van der Waals surface area contributed by atoms with Crippen LogP contribution in [-0.2, 0) is 11.3 Å². The molecule has 3 N–H and O–H groups in total. The molecule has 0 aromatic heterocycles. The Bertz CT molecular complexity index is 687. The molecule has 5 heteroatoms. The molecular weight excluding hydrogens is 293 g/mol. The Morgan fingerprint density at radius 3 is 2.70 bits per heavy atom. The fourth-order valence-electron chi connectivity index (χ4n) is 2.79. The fourth-order valence-corrected chi connectivity index (χ4v) is 2.79. The van der Waals surface area contributed by atoms with E-state index in [1.807, 2.05) is 31.2 Å². The summed E-state index contributed by atoms with van der Waals surface area (Å²) in [5.41, 5.74) is 8.92. The van der Waals surface area contributed by atoms with Crippen LogP contribution in [0.25, 0.3) is 0 Å². The Kier molecular flexibility index (Phi) is 4.69. The second kappa shape index (κ2) is 6.89. The maximum absolute atomic E-state index is 13.6. The van der Waals surface area contributed by atoms with Gasteiger partial charge in [-0.3, -0.25) is 10.2 Å². The topological polar surface area (TPSA) is 53.2 Å². The first kappa shape index (κ1) is 15.6. The van der Waals surface area contributed by atoms with Gasteiger partial charge in [-0.25, -0.2) is 9.82 Å². The number of halogens is 1. The molecule has 0 aliphatic carbocycles. The molecule has 1 saturated heterocycles. The molecule has 0 saturated carbocycles. The second-order valence-electron chi connectivity index (χ2n) is 5.83. The first-order valence-corrected chi connectivity index (χ1v) is 7.71. The minimum Gasteiger partial charge on any atom is -0.352 e. The Morgan fingerprint density at radius 1 is 1.22 bits per heavy atom. The highest BCUT2D eigenvalue weighted by molar-refractivity contribution is 5.80. The third-order valence-corrected chi connectivity index (χ3v) is 4.17. The van der Waals surface area contributed by atoms with Crippen LogP contribution in [-0.4, -0.2) is 12.5 Å². The molecule has 2 aromatic rings. The molecule has 0 radical (unpaired) electrons. The lowest BCUT2D eigenvalue weighted by molar-refractivity contribution is -0.125. The van der Waals surface area contributed by atoms with Crippen LogP contribution in [0, 0.1) is 18.7 Å². The average Bonchev–Trinajstić information content (AvgIpc) is 3.04. The second-order valence-corrected chi connectivity index (χ2v) is 5.83. The van der Waals surface area contributed by atoms with E-state index in [9.17, 15) is 9.18 Å². The maximum atomic E-state index is 13.6. The van der Waals surface area contributed by atoms with Gasteiger partial charge in [-0.2, -0.15) is 0 Å². The molecule has 120 valence electrons. The molecule has 0 bridgehead atoms. The Morgan fingerprint density at radius 2 is 1.96 bits per heavy atom. The molecule has 1 aliphatic rings.